The van der Waals surface area contributed by atoms with Gasteiger partial charge in [0, 0.05) is 30.7 Å². The van der Waals surface area contributed by atoms with Crippen molar-refractivity contribution < 1.29 is 14.6 Å². The number of carbonyl (C=O) groups is 1. The van der Waals surface area contributed by atoms with Crippen LogP contribution in [0.5, 0.6) is 0 Å². The van der Waals surface area contributed by atoms with Gasteiger partial charge in [0.1, 0.15) is 5.15 Å². The van der Waals surface area contributed by atoms with Gasteiger partial charge in [0.2, 0.25) is 0 Å². The molecule has 0 unspecified atom stereocenters. The average Bonchev–Trinajstić information content (AvgIpc) is 2.67. The molecule has 1 heterocycles. The first-order valence-corrected chi connectivity index (χ1v) is 6.61. The Hall–Kier alpha value is -1.78. The Morgan fingerprint density at radius 3 is 2.90 bits per heavy atom. The average molecular weight is 294 g/mol. The van der Waals surface area contributed by atoms with Gasteiger partial charge in [-0.25, -0.2) is 4.79 Å². The SMILES string of the molecule is COCCn1c(Cl)c(/C=C/C(=O)O)c2cccc(C)c21. The third kappa shape index (κ3) is 2.71. The Balaban J connectivity index is 2.66. The van der Waals surface area contributed by atoms with E-state index in [1.165, 1.54) is 6.08 Å². The molecule has 0 aliphatic heterocycles. The van der Waals surface area contributed by atoms with Crippen LogP contribution in [0.4, 0.5) is 0 Å². The molecule has 0 saturated heterocycles. The van der Waals surface area contributed by atoms with Crippen molar-refractivity contribution in [2.24, 2.45) is 0 Å². The van der Waals surface area contributed by atoms with Crippen molar-refractivity contribution in [2.45, 2.75) is 13.5 Å². The molecule has 0 aliphatic rings. The highest BCUT2D eigenvalue weighted by atomic mass is 35.5. The van der Waals surface area contributed by atoms with E-state index in [1.807, 2.05) is 29.7 Å². The Morgan fingerprint density at radius 1 is 1.50 bits per heavy atom. The molecular formula is C15H16ClNO3. The summed E-state index contributed by atoms with van der Waals surface area (Å²) in [6, 6.07) is 5.89. The highest BCUT2D eigenvalue weighted by Crippen LogP contribution is 2.33. The lowest BCUT2D eigenvalue weighted by Gasteiger charge is -2.07. The number of halogens is 1. The second-order valence-electron chi connectivity index (χ2n) is 4.49. The maximum absolute atomic E-state index is 10.7. The predicted octanol–water partition coefficient (Wildman–Crippen LogP) is 3.35. The number of nitrogens with zero attached hydrogens (tertiary/aromatic N) is 1. The minimum absolute atomic E-state index is 0.531. The largest absolute Gasteiger partial charge is 0.478 e. The van der Waals surface area contributed by atoms with Crippen molar-refractivity contribution in [1.82, 2.24) is 4.57 Å². The van der Waals surface area contributed by atoms with Gasteiger partial charge in [-0.2, -0.15) is 0 Å². The summed E-state index contributed by atoms with van der Waals surface area (Å²) in [4.78, 5) is 10.7. The maximum atomic E-state index is 10.7. The van der Waals surface area contributed by atoms with Gasteiger partial charge in [0.05, 0.1) is 12.1 Å². The minimum Gasteiger partial charge on any atom is -0.478 e. The molecule has 5 heteroatoms. The topological polar surface area (TPSA) is 51.5 Å². The summed E-state index contributed by atoms with van der Waals surface area (Å²) < 4.78 is 7.06. The number of methoxy groups -OCH3 is 1. The number of ether oxygens (including phenoxy) is 1. The van der Waals surface area contributed by atoms with Gasteiger partial charge in [0.25, 0.3) is 0 Å². The molecular weight excluding hydrogens is 278 g/mol. The van der Waals surface area contributed by atoms with Crippen molar-refractivity contribution in [1.29, 1.82) is 0 Å². The van der Waals surface area contributed by atoms with Crippen LogP contribution in [-0.4, -0.2) is 29.4 Å². The predicted molar refractivity (Wildman–Crippen MR) is 80.2 cm³/mol. The van der Waals surface area contributed by atoms with E-state index >= 15 is 0 Å². The van der Waals surface area contributed by atoms with Gasteiger partial charge >= 0.3 is 5.97 Å². The lowest BCUT2D eigenvalue weighted by molar-refractivity contribution is -0.131. The monoisotopic (exact) mass is 293 g/mol. The molecule has 0 saturated carbocycles. The first-order chi connectivity index (χ1) is 9.56. The fourth-order valence-electron chi connectivity index (χ4n) is 2.29. The molecule has 0 bridgehead atoms. The fourth-order valence-corrected chi connectivity index (χ4v) is 2.63. The van der Waals surface area contributed by atoms with Crippen LogP contribution in [-0.2, 0) is 16.1 Å². The number of carboxylic acid groups (broad SMARTS) is 1. The van der Waals surface area contributed by atoms with E-state index in [2.05, 4.69) is 0 Å². The maximum Gasteiger partial charge on any atom is 0.328 e. The normalized spacial score (nSPS) is 11.6. The summed E-state index contributed by atoms with van der Waals surface area (Å²) in [5.74, 6) is -0.994. The van der Waals surface area contributed by atoms with Crippen molar-refractivity contribution in [3.63, 3.8) is 0 Å². The number of hydrogen-bond donors (Lipinski definition) is 1. The number of hydrogen-bond acceptors (Lipinski definition) is 2. The standard InChI is InChI=1S/C15H16ClNO3/c1-10-4-3-5-11-12(6-7-13(18)19)15(16)17(14(10)11)8-9-20-2/h3-7H,8-9H2,1-2H3,(H,18,19)/b7-6+. The second kappa shape index (κ2) is 6.11. The molecule has 4 nitrogen and oxygen atoms in total. The van der Waals surface area contributed by atoms with Crippen LogP contribution in [0.3, 0.4) is 0 Å². The molecule has 0 atom stereocenters. The van der Waals surface area contributed by atoms with E-state index in [9.17, 15) is 4.79 Å². The molecule has 0 amide bonds. The molecule has 1 aromatic heterocycles. The van der Waals surface area contributed by atoms with Crippen molar-refractivity contribution in [3.05, 3.63) is 40.6 Å². The van der Waals surface area contributed by atoms with Crippen LogP contribution in [0.2, 0.25) is 5.15 Å². The number of aliphatic carboxylic acids is 1. The van der Waals surface area contributed by atoms with Crippen LogP contribution in [0.1, 0.15) is 11.1 Å². The molecule has 0 radical (unpaired) electrons. The molecule has 0 fully saturated rings. The zero-order valence-electron chi connectivity index (χ0n) is 11.4. The van der Waals surface area contributed by atoms with E-state index in [4.69, 9.17) is 21.4 Å². The van der Waals surface area contributed by atoms with E-state index in [-0.39, 0.29) is 0 Å². The van der Waals surface area contributed by atoms with Gasteiger partial charge in [-0.1, -0.05) is 29.8 Å². The molecule has 2 rings (SSSR count). The Bertz CT molecular complexity index is 673. The number of rotatable bonds is 5. The number of aromatic nitrogens is 1. The fraction of sp³-hybridized carbons (Fsp3) is 0.267. The van der Waals surface area contributed by atoms with Crippen LogP contribution in [0, 0.1) is 6.92 Å². The third-order valence-electron chi connectivity index (χ3n) is 3.17. The number of aryl methyl sites for hydroxylation is 1. The molecule has 2 aromatic rings. The lowest BCUT2D eigenvalue weighted by Crippen LogP contribution is -2.04. The van der Waals surface area contributed by atoms with E-state index in [0.29, 0.717) is 18.3 Å². The smallest absolute Gasteiger partial charge is 0.328 e. The zero-order chi connectivity index (χ0) is 14.7. The van der Waals surface area contributed by atoms with Gasteiger partial charge in [0.15, 0.2) is 0 Å². The minimum atomic E-state index is -0.994. The molecule has 0 aliphatic carbocycles. The number of benzene rings is 1. The first kappa shape index (κ1) is 14.6. The number of carboxylic acids is 1. The van der Waals surface area contributed by atoms with Gasteiger partial charge < -0.3 is 14.4 Å². The van der Waals surface area contributed by atoms with Crippen LogP contribution in [0.15, 0.2) is 24.3 Å². The Labute approximate surface area is 122 Å². The van der Waals surface area contributed by atoms with Crippen molar-refractivity contribution >= 4 is 34.5 Å². The van der Waals surface area contributed by atoms with Crippen LogP contribution >= 0.6 is 11.6 Å². The first-order valence-electron chi connectivity index (χ1n) is 6.23. The van der Waals surface area contributed by atoms with E-state index in [0.717, 1.165) is 28.1 Å². The van der Waals surface area contributed by atoms with Gasteiger partial charge in [-0.15, -0.1) is 0 Å². The summed E-state index contributed by atoms with van der Waals surface area (Å²) in [6.45, 7) is 3.17. The summed E-state index contributed by atoms with van der Waals surface area (Å²) in [6.07, 6.45) is 2.64. The Morgan fingerprint density at radius 2 is 2.25 bits per heavy atom. The van der Waals surface area contributed by atoms with Gasteiger partial charge in [-0.3, -0.25) is 0 Å². The van der Waals surface area contributed by atoms with Crippen molar-refractivity contribution in [2.75, 3.05) is 13.7 Å². The molecule has 20 heavy (non-hydrogen) atoms. The zero-order valence-corrected chi connectivity index (χ0v) is 12.1. The summed E-state index contributed by atoms with van der Waals surface area (Å²) in [5, 5.41) is 10.3. The lowest BCUT2D eigenvalue weighted by atomic mass is 10.1. The highest BCUT2D eigenvalue weighted by Gasteiger charge is 2.15. The van der Waals surface area contributed by atoms with Crippen LogP contribution < -0.4 is 0 Å². The quantitative estimate of drug-likeness (QED) is 0.860. The second-order valence-corrected chi connectivity index (χ2v) is 4.85. The summed E-state index contributed by atoms with van der Waals surface area (Å²) >= 11 is 6.41. The van der Waals surface area contributed by atoms with Gasteiger partial charge in [-0.05, 0) is 18.6 Å². The molecule has 1 N–H and O–H groups in total. The molecule has 106 valence electrons. The van der Waals surface area contributed by atoms with Crippen LogP contribution in [0.25, 0.3) is 17.0 Å². The summed E-state index contributed by atoms with van der Waals surface area (Å²) in [7, 11) is 1.64. The molecule has 0 spiro atoms. The van der Waals surface area contributed by atoms with E-state index in [1.54, 1.807) is 7.11 Å². The molecule has 1 aromatic carbocycles. The third-order valence-corrected chi connectivity index (χ3v) is 3.58. The van der Waals surface area contributed by atoms with Crippen molar-refractivity contribution in [3.8, 4) is 0 Å². The Kier molecular flexibility index (Phi) is 4.47. The highest BCUT2D eigenvalue weighted by molar-refractivity contribution is 6.33. The summed E-state index contributed by atoms with van der Waals surface area (Å²) in [5.41, 5.74) is 2.83. The number of para-hydroxylation sites is 1. The van der Waals surface area contributed by atoms with E-state index < -0.39 is 5.97 Å². The number of fused-ring (bicyclic) bond motifs is 1.